The number of rotatable bonds is 2. The van der Waals surface area contributed by atoms with Crippen molar-refractivity contribution < 1.29 is 4.79 Å². The van der Waals surface area contributed by atoms with E-state index in [4.69, 9.17) is 0 Å². The molecule has 0 radical (unpaired) electrons. The molecule has 2 unspecified atom stereocenters. The number of piperidine rings is 1. The second-order valence-corrected chi connectivity index (χ2v) is 4.05. The van der Waals surface area contributed by atoms with Gasteiger partial charge in [-0.2, -0.15) is 0 Å². The molecule has 1 amide bonds. The van der Waals surface area contributed by atoms with Crippen LogP contribution >= 0.6 is 0 Å². The summed E-state index contributed by atoms with van der Waals surface area (Å²) in [5.41, 5.74) is 0. The highest BCUT2D eigenvalue weighted by Gasteiger charge is 2.29. The molecule has 0 spiro atoms. The van der Waals surface area contributed by atoms with Crippen LogP contribution in [0.1, 0.15) is 32.6 Å². The van der Waals surface area contributed by atoms with Crippen molar-refractivity contribution in [2.24, 2.45) is 0 Å². The highest BCUT2D eigenvalue weighted by Crippen LogP contribution is 2.22. The topological polar surface area (TPSA) is 41.1 Å². The van der Waals surface area contributed by atoms with Crippen molar-refractivity contribution >= 4 is 5.91 Å². The lowest BCUT2D eigenvalue weighted by atomic mass is 10.00. The average Bonchev–Trinajstić information content (AvgIpc) is 2.68. The largest absolute Gasteiger partial charge is 0.354 e. The monoisotopic (exact) mass is 168 g/mol. The van der Waals surface area contributed by atoms with Crippen molar-refractivity contribution in [1.29, 1.82) is 0 Å². The molecular weight excluding hydrogens is 152 g/mol. The predicted molar refractivity (Wildman–Crippen MR) is 46.8 cm³/mol. The molecule has 2 rings (SSSR count). The number of hydrogen-bond acceptors (Lipinski definition) is 2. The van der Waals surface area contributed by atoms with Gasteiger partial charge in [0.25, 0.3) is 0 Å². The Morgan fingerprint density at radius 1 is 1.42 bits per heavy atom. The zero-order valence-electron chi connectivity index (χ0n) is 7.47. The molecule has 2 aliphatic rings. The number of carbonyl (C=O) groups excluding carboxylic acids is 1. The first-order valence-electron chi connectivity index (χ1n) is 4.79. The van der Waals surface area contributed by atoms with E-state index in [2.05, 4.69) is 17.6 Å². The van der Waals surface area contributed by atoms with Crippen molar-refractivity contribution in [1.82, 2.24) is 10.6 Å². The first kappa shape index (κ1) is 8.05. The fourth-order valence-corrected chi connectivity index (χ4v) is 1.84. The SMILES string of the molecule is CC1CC(NC2CC2)CC(=O)N1. The Morgan fingerprint density at radius 2 is 2.17 bits per heavy atom. The van der Waals surface area contributed by atoms with Gasteiger partial charge in [-0.1, -0.05) is 0 Å². The van der Waals surface area contributed by atoms with Gasteiger partial charge in [0.15, 0.2) is 0 Å². The van der Waals surface area contributed by atoms with Gasteiger partial charge in [0.05, 0.1) is 0 Å². The molecule has 2 N–H and O–H groups in total. The molecular formula is C9H16N2O. The lowest BCUT2D eigenvalue weighted by Gasteiger charge is -2.28. The first-order chi connectivity index (χ1) is 5.74. The molecule has 68 valence electrons. The van der Waals surface area contributed by atoms with Crippen LogP contribution in [-0.2, 0) is 4.79 Å². The quantitative estimate of drug-likeness (QED) is 0.627. The smallest absolute Gasteiger partial charge is 0.221 e. The standard InChI is InChI=1S/C9H16N2O/c1-6-4-8(5-9(12)10-6)11-7-2-3-7/h6-8,11H,2-5H2,1H3,(H,10,12). The summed E-state index contributed by atoms with van der Waals surface area (Å²) >= 11 is 0. The third kappa shape index (κ3) is 1.97. The number of amides is 1. The van der Waals surface area contributed by atoms with Crippen molar-refractivity contribution in [3.8, 4) is 0 Å². The molecule has 2 atom stereocenters. The molecule has 1 heterocycles. The van der Waals surface area contributed by atoms with Crippen LogP contribution in [0.3, 0.4) is 0 Å². The van der Waals surface area contributed by atoms with Gasteiger partial charge in [-0.15, -0.1) is 0 Å². The highest BCUT2D eigenvalue weighted by atomic mass is 16.1. The molecule has 2 fully saturated rings. The normalized spacial score (nSPS) is 36.2. The third-order valence-electron chi connectivity index (χ3n) is 2.53. The summed E-state index contributed by atoms with van der Waals surface area (Å²) in [6.07, 6.45) is 4.35. The van der Waals surface area contributed by atoms with Crippen LogP contribution in [-0.4, -0.2) is 24.0 Å². The Balaban J connectivity index is 1.83. The minimum Gasteiger partial charge on any atom is -0.354 e. The summed E-state index contributed by atoms with van der Waals surface area (Å²) in [7, 11) is 0. The summed E-state index contributed by atoms with van der Waals surface area (Å²) in [5, 5.41) is 6.42. The van der Waals surface area contributed by atoms with Crippen LogP contribution in [0.2, 0.25) is 0 Å². The van der Waals surface area contributed by atoms with Crippen molar-refractivity contribution in [2.45, 2.75) is 50.7 Å². The van der Waals surface area contributed by atoms with Gasteiger partial charge in [0.2, 0.25) is 5.91 Å². The molecule has 1 aliphatic heterocycles. The van der Waals surface area contributed by atoms with Crippen LogP contribution in [0, 0.1) is 0 Å². The molecule has 0 bridgehead atoms. The molecule has 1 aliphatic carbocycles. The fourth-order valence-electron chi connectivity index (χ4n) is 1.84. The lowest BCUT2D eigenvalue weighted by molar-refractivity contribution is -0.123. The molecule has 3 heteroatoms. The van der Waals surface area contributed by atoms with E-state index >= 15 is 0 Å². The van der Waals surface area contributed by atoms with E-state index in [9.17, 15) is 4.79 Å². The molecule has 3 nitrogen and oxygen atoms in total. The maximum absolute atomic E-state index is 11.1. The van der Waals surface area contributed by atoms with Crippen LogP contribution in [0.4, 0.5) is 0 Å². The average molecular weight is 168 g/mol. The van der Waals surface area contributed by atoms with Gasteiger partial charge in [-0.3, -0.25) is 4.79 Å². The van der Waals surface area contributed by atoms with Gasteiger partial charge in [0.1, 0.15) is 0 Å². The number of carbonyl (C=O) groups is 1. The summed E-state index contributed by atoms with van der Waals surface area (Å²) in [6, 6.07) is 1.50. The van der Waals surface area contributed by atoms with Crippen LogP contribution in [0.25, 0.3) is 0 Å². The van der Waals surface area contributed by atoms with Gasteiger partial charge in [0, 0.05) is 24.5 Å². The molecule has 0 aromatic carbocycles. The third-order valence-corrected chi connectivity index (χ3v) is 2.53. The molecule has 0 aromatic heterocycles. The zero-order valence-corrected chi connectivity index (χ0v) is 7.47. The summed E-state index contributed by atoms with van der Waals surface area (Å²) in [6.45, 7) is 2.07. The van der Waals surface area contributed by atoms with E-state index in [-0.39, 0.29) is 5.91 Å². The van der Waals surface area contributed by atoms with E-state index in [0.717, 1.165) is 6.42 Å². The van der Waals surface area contributed by atoms with Crippen molar-refractivity contribution in [2.75, 3.05) is 0 Å². The summed E-state index contributed by atoms with van der Waals surface area (Å²) in [4.78, 5) is 11.1. The maximum Gasteiger partial charge on any atom is 0.221 e. The second kappa shape index (κ2) is 3.05. The Kier molecular flexibility index (Phi) is 2.05. The number of nitrogens with one attached hydrogen (secondary N) is 2. The highest BCUT2D eigenvalue weighted by molar-refractivity contribution is 5.77. The van der Waals surface area contributed by atoms with Crippen LogP contribution < -0.4 is 10.6 Å². The summed E-state index contributed by atoms with van der Waals surface area (Å²) in [5.74, 6) is 0.201. The Labute approximate surface area is 72.9 Å². The zero-order chi connectivity index (χ0) is 8.55. The predicted octanol–water partition coefficient (Wildman–Crippen LogP) is 0.406. The summed E-state index contributed by atoms with van der Waals surface area (Å²) < 4.78 is 0. The molecule has 12 heavy (non-hydrogen) atoms. The Bertz CT molecular complexity index is 187. The first-order valence-corrected chi connectivity index (χ1v) is 4.79. The van der Waals surface area contributed by atoms with E-state index in [0.29, 0.717) is 24.5 Å². The van der Waals surface area contributed by atoms with Crippen molar-refractivity contribution in [3.63, 3.8) is 0 Å². The van der Waals surface area contributed by atoms with Gasteiger partial charge < -0.3 is 10.6 Å². The van der Waals surface area contributed by atoms with E-state index < -0.39 is 0 Å². The minimum absolute atomic E-state index is 0.201. The Morgan fingerprint density at radius 3 is 2.75 bits per heavy atom. The maximum atomic E-state index is 11.1. The van der Waals surface area contributed by atoms with Gasteiger partial charge in [-0.25, -0.2) is 0 Å². The van der Waals surface area contributed by atoms with E-state index in [1.54, 1.807) is 0 Å². The molecule has 1 saturated heterocycles. The van der Waals surface area contributed by atoms with Gasteiger partial charge in [-0.05, 0) is 26.2 Å². The minimum atomic E-state index is 0.201. The van der Waals surface area contributed by atoms with Crippen LogP contribution in [0.5, 0.6) is 0 Å². The molecule has 1 saturated carbocycles. The Hall–Kier alpha value is -0.570. The molecule has 0 aromatic rings. The van der Waals surface area contributed by atoms with Crippen molar-refractivity contribution in [3.05, 3.63) is 0 Å². The lowest BCUT2D eigenvalue weighted by Crippen LogP contribution is -2.48. The second-order valence-electron chi connectivity index (χ2n) is 4.05. The fraction of sp³-hybridized carbons (Fsp3) is 0.889. The van der Waals surface area contributed by atoms with Crippen LogP contribution in [0.15, 0.2) is 0 Å². The van der Waals surface area contributed by atoms with Gasteiger partial charge >= 0.3 is 0 Å². The van der Waals surface area contributed by atoms with E-state index in [1.807, 2.05) is 0 Å². The number of hydrogen-bond donors (Lipinski definition) is 2. The van der Waals surface area contributed by atoms with E-state index in [1.165, 1.54) is 12.8 Å².